The molecule has 0 radical (unpaired) electrons. The first kappa shape index (κ1) is 19.3. The van der Waals surface area contributed by atoms with Crippen LogP contribution >= 0.6 is 0 Å². The van der Waals surface area contributed by atoms with Gasteiger partial charge in [0.15, 0.2) is 0 Å². The van der Waals surface area contributed by atoms with Crippen LogP contribution in [0.15, 0.2) is 0 Å². The monoisotopic (exact) mass is 323 g/mol. The molecule has 0 bridgehead atoms. The van der Waals surface area contributed by atoms with Crippen LogP contribution in [0, 0.1) is 17.2 Å². The van der Waals surface area contributed by atoms with E-state index in [0.717, 1.165) is 19.3 Å². The van der Waals surface area contributed by atoms with Crippen LogP contribution in [-0.4, -0.2) is 41.1 Å². The number of ether oxygens (including phenoxy) is 1. The lowest BCUT2D eigenvalue weighted by Gasteiger charge is -2.36. The molecule has 1 N–H and O–H groups in total. The average molecular weight is 323 g/mol. The van der Waals surface area contributed by atoms with Gasteiger partial charge in [-0.3, -0.25) is 4.79 Å². The fourth-order valence-corrected chi connectivity index (χ4v) is 2.63. The maximum absolute atomic E-state index is 12.9. The molecule has 0 saturated carbocycles. The molecule has 1 rings (SSSR count). The van der Waals surface area contributed by atoms with E-state index in [1.54, 1.807) is 25.7 Å². The van der Waals surface area contributed by atoms with Gasteiger partial charge in [-0.2, -0.15) is 5.26 Å². The molecule has 6 nitrogen and oxygen atoms in total. The lowest BCUT2D eigenvalue weighted by molar-refractivity contribution is -0.137. The van der Waals surface area contributed by atoms with E-state index in [0.29, 0.717) is 13.0 Å². The molecule has 2 amide bonds. The van der Waals surface area contributed by atoms with E-state index in [2.05, 4.69) is 11.4 Å². The molecular formula is C17H29N3O3. The zero-order chi connectivity index (χ0) is 17.6. The van der Waals surface area contributed by atoms with Crippen molar-refractivity contribution in [3.8, 4) is 6.07 Å². The molecule has 130 valence electrons. The largest absolute Gasteiger partial charge is 0.444 e. The van der Waals surface area contributed by atoms with Gasteiger partial charge in [-0.05, 0) is 46.0 Å². The predicted molar refractivity (Wildman–Crippen MR) is 87.6 cm³/mol. The summed E-state index contributed by atoms with van der Waals surface area (Å²) in [5.41, 5.74) is -0.618. The Labute approximate surface area is 139 Å². The van der Waals surface area contributed by atoms with Crippen LogP contribution in [0.5, 0.6) is 0 Å². The third kappa shape index (κ3) is 5.74. The number of hydrogen-bond donors (Lipinski definition) is 1. The third-order valence-electron chi connectivity index (χ3n) is 4.09. The van der Waals surface area contributed by atoms with Gasteiger partial charge in [0, 0.05) is 6.54 Å². The van der Waals surface area contributed by atoms with E-state index in [1.807, 2.05) is 13.8 Å². The second-order valence-corrected chi connectivity index (χ2v) is 7.18. The van der Waals surface area contributed by atoms with Gasteiger partial charge in [0.05, 0.1) is 6.07 Å². The number of rotatable bonds is 4. The third-order valence-corrected chi connectivity index (χ3v) is 4.09. The molecule has 1 saturated heterocycles. The number of likely N-dealkylation sites (tertiary alicyclic amines) is 1. The van der Waals surface area contributed by atoms with E-state index in [-0.39, 0.29) is 11.8 Å². The van der Waals surface area contributed by atoms with E-state index < -0.39 is 23.8 Å². The van der Waals surface area contributed by atoms with E-state index >= 15 is 0 Å². The van der Waals surface area contributed by atoms with Crippen molar-refractivity contribution < 1.29 is 14.3 Å². The van der Waals surface area contributed by atoms with Crippen LogP contribution in [0.1, 0.15) is 60.3 Å². The first-order valence-corrected chi connectivity index (χ1v) is 8.39. The summed E-state index contributed by atoms with van der Waals surface area (Å²) in [7, 11) is 0. The van der Waals surface area contributed by atoms with Crippen molar-refractivity contribution in [1.82, 2.24) is 10.2 Å². The van der Waals surface area contributed by atoms with Crippen molar-refractivity contribution in [2.24, 2.45) is 5.92 Å². The summed E-state index contributed by atoms with van der Waals surface area (Å²) in [5, 5.41) is 12.0. The standard InChI is InChI=1S/C17H29N3O3/c1-6-12(2)14(19-16(22)23-17(3,4)5)15(21)20-10-8-7-9-13(20)11-18/h12-14H,6-10H2,1-5H3,(H,19,22)/t12-,13-,14-/m0/s1. The number of piperidine rings is 1. The molecule has 1 aliphatic heterocycles. The van der Waals surface area contributed by atoms with E-state index in [1.165, 1.54) is 0 Å². The van der Waals surface area contributed by atoms with Crippen LogP contribution in [0.3, 0.4) is 0 Å². The topological polar surface area (TPSA) is 82.4 Å². The first-order valence-electron chi connectivity index (χ1n) is 8.39. The van der Waals surface area contributed by atoms with Gasteiger partial charge < -0.3 is 15.0 Å². The zero-order valence-electron chi connectivity index (χ0n) is 14.9. The van der Waals surface area contributed by atoms with Crippen molar-refractivity contribution in [3.63, 3.8) is 0 Å². The van der Waals surface area contributed by atoms with Crippen LogP contribution in [-0.2, 0) is 9.53 Å². The highest BCUT2D eigenvalue weighted by Crippen LogP contribution is 2.20. The molecule has 23 heavy (non-hydrogen) atoms. The summed E-state index contributed by atoms with van der Waals surface area (Å²) in [6, 6.07) is 1.14. The van der Waals surface area contributed by atoms with Gasteiger partial charge in [-0.1, -0.05) is 20.3 Å². The smallest absolute Gasteiger partial charge is 0.408 e. The number of hydrogen-bond acceptors (Lipinski definition) is 4. The molecule has 0 spiro atoms. The molecule has 1 aliphatic rings. The molecule has 1 heterocycles. The normalized spacial score (nSPS) is 21.0. The van der Waals surface area contributed by atoms with E-state index in [4.69, 9.17) is 4.74 Å². The summed E-state index contributed by atoms with van der Waals surface area (Å²) < 4.78 is 5.27. The van der Waals surface area contributed by atoms with E-state index in [9.17, 15) is 14.9 Å². The number of alkyl carbamates (subject to hydrolysis) is 1. The number of nitrogens with one attached hydrogen (secondary N) is 1. The molecule has 0 aromatic heterocycles. The Morgan fingerprint density at radius 1 is 1.39 bits per heavy atom. The fourth-order valence-electron chi connectivity index (χ4n) is 2.63. The molecule has 0 aliphatic carbocycles. The Kier molecular flexibility index (Phi) is 6.86. The molecule has 0 unspecified atom stereocenters. The molecule has 0 aromatic carbocycles. The first-order chi connectivity index (χ1) is 10.7. The summed E-state index contributed by atoms with van der Waals surface area (Å²) >= 11 is 0. The van der Waals surface area contributed by atoms with Gasteiger partial charge in [0.2, 0.25) is 5.91 Å². The SMILES string of the molecule is CC[C@H](C)[C@H](NC(=O)OC(C)(C)C)C(=O)N1CCCC[C@H]1C#N. The number of amides is 2. The Hall–Kier alpha value is -1.77. The highest BCUT2D eigenvalue weighted by molar-refractivity contribution is 5.86. The van der Waals surface area contributed by atoms with Gasteiger partial charge in [0.1, 0.15) is 17.7 Å². The fraction of sp³-hybridized carbons (Fsp3) is 0.824. The minimum atomic E-state index is -0.663. The lowest BCUT2D eigenvalue weighted by atomic mass is 9.95. The van der Waals surface area contributed by atoms with Crippen LogP contribution in [0.25, 0.3) is 0 Å². The van der Waals surface area contributed by atoms with Crippen molar-refractivity contribution in [3.05, 3.63) is 0 Å². The molecule has 6 heteroatoms. The molecule has 0 aromatic rings. The number of carbonyl (C=O) groups excluding carboxylic acids is 2. The highest BCUT2D eigenvalue weighted by atomic mass is 16.6. The Morgan fingerprint density at radius 3 is 2.57 bits per heavy atom. The van der Waals surface area contributed by atoms with Gasteiger partial charge in [-0.25, -0.2) is 4.79 Å². The van der Waals surface area contributed by atoms with Gasteiger partial charge >= 0.3 is 6.09 Å². The maximum atomic E-state index is 12.9. The van der Waals surface area contributed by atoms with Crippen LogP contribution in [0.4, 0.5) is 4.79 Å². The Bertz CT molecular complexity index is 465. The van der Waals surface area contributed by atoms with Gasteiger partial charge in [0.25, 0.3) is 0 Å². The molecule has 3 atom stereocenters. The molecule has 1 fully saturated rings. The Balaban J connectivity index is 2.86. The average Bonchev–Trinajstić information content (AvgIpc) is 2.49. The summed E-state index contributed by atoms with van der Waals surface area (Å²) in [5.74, 6) is -0.215. The van der Waals surface area contributed by atoms with Crippen molar-refractivity contribution >= 4 is 12.0 Å². The quantitative estimate of drug-likeness (QED) is 0.862. The van der Waals surface area contributed by atoms with Crippen molar-refractivity contribution in [2.75, 3.05) is 6.54 Å². The minimum Gasteiger partial charge on any atom is -0.444 e. The molecular weight excluding hydrogens is 294 g/mol. The summed E-state index contributed by atoms with van der Waals surface area (Å²) in [4.78, 5) is 26.5. The second kappa shape index (κ2) is 8.19. The summed E-state index contributed by atoms with van der Waals surface area (Å²) in [6.07, 6.45) is 2.69. The summed E-state index contributed by atoms with van der Waals surface area (Å²) in [6.45, 7) is 9.81. The number of nitrogens with zero attached hydrogens (tertiary/aromatic N) is 2. The predicted octanol–water partition coefficient (Wildman–Crippen LogP) is 2.83. The van der Waals surface area contributed by atoms with Crippen LogP contribution < -0.4 is 5.32 Å². The lowest BCUT2D eigenvalue weighted by Crippen LogP contribution is -2.55. The zero-order valence-corrected chi connectivity index (χ0v) is 14.9. The second-order valence-electron chi connectivity index (χ2n) is 7.18. The number of nitriles is 1. The van der Waals surface area contributed by atoms with Crippen LogP contribution in [0.2, 0.25) is 0 Å². The maximum Gasteiger partial charge on any atom is 0.408 e. The van der Waals surface area contributed by atoms with Crippen molar-refractivity contribution in [1.29, 1.82) is 5.26 Å². The highest BCUT2D eigenvalue weighted by Gasteiger charge is 2.35. The number of carbonyl (C=O) groups is 2. The van der Waals surface area contributed by atoms with Crippen molar-refractivity contribution in [2.45, 2.75) is 78.0 Å². The minimum absolute atomic E-state index is 0.0312. The van der Waals surface area contributed by atoms with Gasteiger partial charge in [-0.15, -0.1) is 0 Å². The Morgan fingerprint density at radius 2 is 2.04 bits per heavy atom.